The van der Waals surface area contributed by atoms with Crippen LogP contribution in [0.5, 0.6) is 0 Å². The lowest BCUT2D eigenvalue weighted by atomic mass is 9.86. The van der Waals surface area contributed by atoms with E-state index in [-0.39, 0.29) is 37.4 Å². The molecule has 1 aromatic heterocycles. The van der Waals surface area contributed by atoms with E-state index in [0.29, 0.717) is 5.69 Å². The van der Waals surface area contributed by atoms with Gasteiger partial charge in [-0.05, 0) is 23.5 Å². The summed E-state index contributed by atoms with van der Waals surface area (Å²) in [5.41, 5.74) is 9.87. The van der Waals surface area contributed by atoms with Gasteiger partial charge in [0.15, 0.2) is 0 Å². The Kier molecular flexibility index (Phi) is 7.34. The molecule has 0 saturated carbocycles. The molecule has 1 aliphatic rings. The topological polar surface area (TPSA) is 129 Å². The number of benzene rings is 1. The number of aliphatic hydroxyl groups excluding tert-OH is 2. The first-order valence-corrected chi connectivity index (χ1v) is 11.6. The largest absolute Gasteiger partial charge is 0.391 e. The summed E-state index contributed by atoms with van der Waals surface area (Å²) >= 11 is 1.46. The molecule has 32 heavy (non-hydrogen) atoms. The van der Waals surface area contributed by atoms with Gasteiger partial charge in [-0.2, -0.15) is 0 Å². The molecule has 1 fully saturated rings. The number of rotatable bonds is 6. The maximum Gasteiger partial charge on any atom is 0.243 e. The van der Waals surface area contributed by atoms with Gasteiger partial charge in [0.1, 0.15) is 6.04 Å². The molecule has 5 N–H and O–H groups in total. The summed E-state index contributed by atoms with van der Waals surface area (Å²) in [5, 5.41) is 22.5. The lowest BCUT2D eigenvalue weighted by molar-refractivity contribution is -0.141. The first kappa shape index (κ1) is 24.3. The van der Waals surface area contributed by atoms with E-state index < -0.39 is 23.6 Å². The molecule has 0 aliphatic carbocycles. The number of aromatic nitrogens is 1. The lowest BCUT2D eigenvalue weighted by Crippen LogP contribution is -2.55. The molecule has 2 aromatic rings. The molecule has 2 unspecified atom stereocenters. The van der Waals surface area contributed by atoms with Crippen molar-refractivity contribution in [3.63, 3.8) is 0 Å². The number of carbonyl (C=O) groups is 2. The van der Waals surface area contributed by atoms with E-state index in [1.54, 1.807) is 5.51 Å². The van der Waals surface area contributed by atoms with E-state index in [2.05, 4.69) is 10.3 Å². The number of hydrogen-bond acceptors (Lipinski definition) is 7. The number of nitrogens with two attached hydrogens (primary N) is 1. The van der Waals surface area contributed by atoms with Gasteiger partial charge >= 0.3 is 0 Å². The minimum Gasteiger partial charge on any atom is -0.391 e. The van der Waals surface area contributed by atoms with Gasteiger partial charge in [-0.15, -0.1) is 11.3 Å². The third-order valence-corrected chi connectivity index (χ3v) is 6.80. The normalized spacial score (nSPS) is 20.8. The molecule has 2 heterocycles. The van der Waals surface area contributed by atoms with Crippen LogP contribution in [0.4, 0.5) is 0 Å². The molecule has 0 bridgehead atoms. The zero-order valence-corrected chi connectivity index (χ0v) is 19.7. The van der Waals surface area contributed by atoms with Crippen LogP contribution < -0.4 is 11.1 Å². The molecule has 8 nitrogen and oxygen atoms in total. The molecular weight excluding hydrogens is 428 g/mol. The van der Waals surface area contributed by atoms with Crippen LogP contribution >= 0.6 is 11.3 Å². The second-order valence-electron chi connectivity index (χ2n) is 9.38. The Morgan fingerprint density at radius 3 is 2.56 bits per heavy atom. The Morgan fingerprint density at radius 1 is 1.31 bits per heavy atom. The standard InChI is InChI=1S/C23H32N4O4S/c1-13(14-5-7-15(8-6-14)19-17(11-28)25-12-32-19)26-21(30)18-9-16(29)10-27(18)22(31)20(24)23(2,3)4/h5-8,12-13,16,18,20,28-29H,9-11,24H2,1-4H3,(H,26,30)/t13-,16?,18?,20+/m0/s1. The Bertz CT molecular complexity index is 954. The summed E-state index contributed by atoms with van der Waals surface area (Å²) in [7, 11) is 0. The third kappa shape index (κ3) is 5.17. The molecule has 1 aliphatic heterocycles. The van der Waals surface area contributed by atoms with E-state index in [0.717, 1.165) is 16.0 Å². The summed E-state index contributed by atoms with van der Waals surface area (Å²) in [4.78, 5) is 32.4. The van der Waals surface area contributed by atoms with Crippen molar-refractivity contribution < 1.29 is 19.8 Å². The molecule has 0 radical (unpaired) electrons. The first-order chi connectivity index (χ1) is 15.0. The monoisotopic (exact) mass is 460 g/mol. The van der Waals surface area contributed by atoms with Crippen molar-refractivity contribution in [3.8, 4) is 10.4 Å². The van der Waals surface area contributed by atoms with Gasteiger partial charge in [-0.1, -0.05) is 45.0 Å². The average molecular weight is 461 g/mol. The molecule has 1 aromatic carbocycles. The molecular formula is C23H32N4O4S. The van der Waals surface area contributed by atoms with E-state index in [1.165, 1.54) is 16.2 Å². The summed E-state index contributed by atoms with van der Waals surface area (Å²) in [6.45, 7) is 7.48. The molecule has 3 rings (SSSR count). The van der Waals surface area contributed by atoms with E-state index in [1.807, 2.05) is 52.0 Å². The maximum absolute atomic E-state index is 13.0. The average Bonchev–Trinajstić information content (AvgIpc) is 3.38. The zero-order chi connectivity index (χ0) is 23.6. The summed E-state index contributed by atoms with van der Waals surface area (Å²) < 4.78 is 0. The number of thiazole rings is 1. The fourth-order valence-electron chi connectivity index (χ4n) is 3.79. The number of amides is 2. The second-order valence-corrected chi connectivity index (χ2v) is 10.2. The van der Waals surface area contributed by atoms with Gasteiger partial charge in [0.2, 0.25) is 11.8 Å². The molecule has 0 spiro atoms. The summed E-state index contributed by atoms with van der Waals surface area (Å²) in [6, 6.07) is 5.90. The predicted octanol–water partition coefficient (Wildman–Crippen LogP) is 1.81. The smallest absolute Gasteiger partial charge is 0.243 e. The predicted molar refractivity (Wildman–Crippen MR) is 124 cm³/mol. The van der Waals surface area contributed by atoms with Gasteiger partial charge < -0.3 is 26.2 Å². The van der Waals surface area contributed by atoms with Crippen molar-refractivity contribution in [3.05, 3.63) is 41.0 Å². The number of nitrogens with one attached hydrogen (secondary N) is 1. The first-order valence-electron chi connectivity index (χ1n) is 10.7. The SMILES string of the molecule is C[C@H](NC(=O)C1CC(O)CN1C(=O)[C@@H](N)C(C)(C)C)c1ccc(-c2scnc2CO)cc1. The highest BCUT2D eigenvalue weighted by Gasteiger charge is 2.42. The van der Waals surface area contributed by atoms with E-state index in [9.17, 15) is 19.8 Å². The quantitative estimate of drug-likeness (QED) is 0.520. The maximum atomic E-state index is 13.0. The number of carbonyl (C=O) groups excluding carboxylic acids is 2. The van der Waals surface area contributed by atoms with E-state index >= 15 is 0 Å². The highest BCUT2D eigenvalue weighted by Crippen LogP contribution is 2.29. The number of hydrogen-bond donors (Lipinski definition) is 4. The summed E-state index contributed by atoms with van der Waals surface area (Å²) in [6.07, 6.45) is -0.563. The zero-order valence-electron chi connectivity index (χ0n) is 18.9. The third-order valence-electron chi connectivity index (χ3n) is 5.89. The van der Waals surface area contributed by atoms with Crippen LogP contribution in [-0.2, 0) is 16.2 Å². The van der Waals surface area contributed by atoms with Gasteiger partial charge in [0.25, 0.3) is 0 Å². The van der Waals surface area contributed by atoms with Crippen LogP contribution in [0.1, 0.15) is 51.4 Å². The second kappa shape index (κ2) is 9.66. The van der Waals surface area contributed by atoms with Crippen LogP contribution in [0.15, 0.2) is 29.8 Å². The highest BCUT2D eigenvalue weighted by molar-refractivity contribution is 7.13. The Morgan fingerprint density at radius 2 is 1.97 bits per heavy atom. The van der Waals surface area contributed by atoms with Crippen LogP contribution in [-0.4, -0.2) is 56.6 Å². The number of β-amino-alcohol motifs (C(OH)–C–C–N with tert-alkyl or cyclic N) is 1. The van der Waals surface area contributed by atoms with Crippen molar-refractivity contribution >= 4 is 23.2 Å². The van der Waals surface area contributed by atoms with Crippen molar-refractivity contribution in [2.24, 2.45) is 11.1 Å². The molecule has 2 amide bonds. The van der Waals surface area contributed by atoms with Crippen molar-refractivity contribution in [2.45, 2.75) is 65.0 Å². The van der Waals surface area contributed by atoms with Crippen LogP contribution in [0.25, 0.3) is 10.4 Å². The van der Waals surface area contributed by atoms with Gasteiger partial charge in [0, 0.05) is 13.0 Å². The van der Waals surface area contributed by atoms with E-state index in [4.69, 9.17) is 5.73 Å². The highest BCUT2D eigenvalue weighted by atomic mass is 32.1. The Balaban J connectivity index is 1.69. The van der Waals surface area contributed by atoms with Gasteiger partial charge in [0.05, 0.1) is 40.9 Å². The molecule has 174 valence electrons. The molecule has 1 saturated heterocycles. The van der Waals surface area contributed by atoms with Crippen LogP contribution in [0.2, 0.25) is 0 Å². The lowest BCUT2D eigenvalue weighted by Gasteiger charge is -2.32. The Hall–Kier alpha value is -2.33. The Labute approximate surface area is 192 Å². The van der Waals surface area contributed by atoms with Crippen LogP contribution in [0.3, 0.4) is 0 Å². The van der Waals surface area contributed by atoms with Crippen molar-refractivity contribution in [2.75, 3.05) is 6.54 Å². The van der Waals surface area contributed by atoms with Gasteiger partial charge in [-0.25, -0.2) is 4.98 Å². The fraction of sp³-hybridized carbons (Fsp3) is 0.522. The minimum atomic E-state index is -0.761. The van der Waals surface area contributed by atoms with Crippen molar-refractivity contribution in [1.29, 1.82) is 0 Å². The van der Waals surface area contributed by atoms with Crippen LogP contribution in [0, 0.1) is 5.41 Å². The number of nitrogens with zero attached hydrogens (tertiary/aromatic N) is 2. The molecule has 4 atom stereocenters. The number of likely N-dealkylation sites (tertiary alicyclic amines) is 1. The van der Waals surface area contributed by atoms with Gasteiger partial charge in [-0.3, -0.25) is 9.59 Å². The van der Waals surface area contributed by atoms with Crippen molar-refractivity contribution in [1.82, 2.24) is 15.2 Å². The molecule has 9 heteroatoms. The summed E-state index contributed by atoms with van der Waals surface area (Å²) in [5.74, 6) is -0.631. The minimum absolute atomic E-state index is 0.103. The fourth-order valence-corrected chi connectivity index (χ4v) is 4.60. The number of aliphatic hydroxyl groups is 2.